The van der Waals surface area contributed by atoms with Crippen LogP contribution in [0.3, 0.4) is 0 Å². The van der Waals surface area contributed by atoms with Gasteiger partial charge < -0.3 is 5.11 Å². The fourth-order valence-corrected chi connectivity index (χ4v) is 4.78. The van der Waals surface area contributed by atoms with E-state index in [0.29, 0.717) is 18.4 Å². The first-order valence-electron chi connectivity index (χ1n) is 5.98. The van der Waals surface area contributed by atoms with Crippen molar-refractivity contribution in [3.63, 3.8) is 0 Å². The second-order valence-corrected chi connectivity index (χ2v) is 7.30. The highest BCUT2D eigenvalue weighted by molar-refractivity contribution is 7.88. The molecule has 8 heteroatoms. The molecule has 1 aliphatic heterocycles. The number of sulfonamides is 1. The molecule has 0 bridgehead atoms. The Balaban J connectivity index is 2.30. The Morgan fingerprint density at radius 2 is 1.95 bits per heavy atom. The van der Waals surface area contributed by atoms with Crippen LogP contribution >= 0.6 is 23.2 Å². The van der Waals surface area contributed by atoms with E-state index in [2.05, 4.69) is 0 Å². The van der Waals surface area contributed by atoms with E-state index in [9.17, 15) is 13.2 Å². The molecule has 110 valence electrons. The summed E-state index contributed by atoms with van der Waals surface area (Å²) < 4.78 is 25.8. The lowest BCUT2D eigenvalue weighted by molar-refractivity contribution is -0.140. The molecule has 1 N–H and O–H groups in total. The molecular formula is C12H13Cl2NO4S. The summed E-state index contributed by atoms with van der Waals surface area (Å²) >= 11 is 11.9. The molecule has 0 aliphatic carbocycles. The van der Waals surface area contributed by atoms with Crippen LogP contribution in [-0.2, 0) is 20.6 Å². The number of carbonyl (C=O) groups is 1. The zero-order chi connectivity index (χ0) is 14.9. The Bertz CT molecular complexity index is 612. The van der Waals surface area contributed by atoms with Gasteiger partial charge in [0.25, 0.3) is 0 Å². The first-order valence-corrected chi connectivity index (χ1v) is 8.34. The number of rotatable bonds is 4. The van der Waals surface area contributed by atoms with Crippen molar-refractivity contribution in [2.75, 3.05) is 6.54 Å². The SMILES string of the molecule is O=C(O)[C@H]1CCCN1S(=O)(=O)Cc1c(Cl)cccc1Cl. The molecule has 1 aromatic rings. The molecule has 0 saturated carbocycles. The Hall–Kier alpha value is -0.820. The predicted molar refractivity (Wildman–Crippen MR) is 76.4 cm³/mol. The van der Waals surface area contributed by atoms with Gasteiger partial charge in [-0.2, -0.15) is 4.31 Å². The van der Waals surface area contributed by atoms with E-state index in [-0.39, 0.29) is 16.6 Å². The summed E-state index contributed by atoms with van der Waals surface area (Å²) in [4.78, 5) is 11.1. The maximum atomic E-state index is 12.4. The summed E-state index contributed by atoms with van der Waals surface area (Å²) in [5.74, 6) is -1.52. The van der Waals surface area contributed by atoms with Crippen molar-refractivity contribution in [2.45, 2.75) is 24.6 Å². The summed E-state index contributed by atoms with van der Waals surface area (Å²) in [6.07, 6.45) is 0.858. The van der Waals surface area contributed by atoms with Gasteiger partial charge in [0.05, 0.1) is 5.75 Å². The first-order chi connectivity index (χ1) is 9.33. The van der Waals surface area contributed by atoms with E-state index in [0.717, 1.165) is 4.31 Å². The van der Waals surface area contributed by atoms with Crippen LogP contribution in [0.15, 0.2) is 18.2 Å². The van der Waals surface area contributed by atoms with Gasteiger partial charge in [0.15, 0.2) is 0 Å². The van der Waals surface area contributed by atoms with Crippen LogP contribution in [0.2, 0.25) is 10.0 Å². The van der Waals surface area contributed by atoms with Crippen LogP contribution in [0.5, 0.6) is 0 Å². The van der Waals surface area contributed by atoms with E-state index in [1.54, 1.807) is 18.2 Å². The molecular weight excluding hydrogens is 325 g/mol. The summed E-state index contributed by atoms with van der Waals surface area (Å²) in [6.45, 7) is 0.210. The molecule has 20 heavy (non-hydrogen) atoms. The zero-order valence-corrected chi connectivity index (χ0v) is 12.7. The maximum Gasteiger partial charge on any atom is 0.322 e. The monoisotopic (exact) mass is 337 g/mol. The van der Waals surface area contributed by atoms with Gasteiger partial charge in [0.1, 0.15) is 6.04 Å². The third-order valence-electron chi connectivity index (χ3n) is 3.23. The lowest BCUT2D eigenvalue weighted by Crippen LogP contribution is -2.41. The van der Waals surface area contributed by atoms with Crippen LogP contribution in [0.4, 0.5) is 0 Å². The average molecular weight is 338 g/mol. The number of hydrogen-bond donors (Lipinski definition) is 1. The molecule has 1 atom stereocenters. The molecule has 5 nitrogen and oxygen atoms in total. The Morgan fingerprint density at radius 3 is 2.50 bits per heavy atom. The van der Waals surface area contributed by atoms with Crippen molar-refractivity contribution in [1.29, 1.82) is 0 Å². The Kier molecular flexibility index (Phi) is 4.59. The van der Waals surface area contributed by atoms with Gasteiger partial charge in [-0.15, -0.1) is 0 Å². The summed E-state index contributed by atoms with van der Waals surface area (Å²) in [7, 11) is -3.77. The van der Waals surface area contributed by atoms with E-state index in [1.807, 2.05) is 0 Å². The minimum Gasteiger partial charge on any atom is -0.480 e. The lowest BCUT2D eigenvalue weighted by Gasteiger charge is -2.21. The van der Waals surface area contributed by atoms with Gasteiger partial charge in [-0.1, -0.05) is 29.3 Å². The molecule has 1 aliphatic rings. The third-order valence-corrected chi connectivity index (χ3v) is 5.75. The van der Waals surface area contributed by atoms with Crippen molar-refractivity contribution >= 4 is 39.2 Å². The summed E-state index contributed by atoms with van der Waals surface area (Å²) in [5, 5.41) is 9.58. The Labute approximate surface area is 127 Å². The van der Waals surface area contributed by atoms with Crippen LogP contribution in [0.1, 0.15) is 18.4 Å². The normalized spacial score (nSPS) is 20.2. The predicted octanol–water partition coefficient (Wildman–Crippen LogP) is 2.37. The van der Waals surface area contributed by atoms with Crippen LogP contribution in [-0.4, -0.2) is 36.4 Å². The smallest absolute Gasteiger partial charge is 0.322 e. The number of aliphatic carboxylic acids is 1. The van der Waals surface area contributed by atoms with E-state index >= 15 is 0 Å². The maximum absolute atomic E-state index is 12.4. The van der Waals surface area contributed by atoms with Crippen molar-refractivity contribution in [1.82, 2.24) is 4.31 Å². The number of carboxylic acids is 1. The van der Waals surface area contributed by atoms with Gasteiger partial charge >= 0.3 is 5.97 Å². The molecule has 2 rings (SSSR count). The number of hydrogen-bond acceptors (Lipinski definition) is 3. The van der Waals surface area contributed by atoms with Gasteiger partial charge in [-0.05, 0) is 25.0 Å². The van der Waals surface area contributed by atoms with Crippen LogP contribution in [0, 0.1) is 0 Å². The number of halogens is 2. The fourth-order valence-electron chi connectivity index (χ4n) is 2.26. The largest absolute Gasteiger partial charge is 0.480 e. The van der Waals surface area contributed by atoms with Crippen LogP contribution < -0.4 is 0 Å². The molecule has 0 amide bonds. The molecule has 0 spiro atoms. The zero-order valence-electron chi connectivity index (χ0n) is 10.4. The van der Waals surface area contributed by atoms with Gasteiger partial charge in [-0.3, -0.25) is 4.79 Å². The van der Waals surface area contributed by atoms with E-state index in [4.69, 9.17) is 28.3 Å². The first kappa shape index (κ1) is 15.6. The van der Waals surface area contributed by atoms with Crippen LogP contribution in [0.25, 0.3) is 0 Å². The highest BCUT2D eigenvalue weighted by Crippen LogP contribution is 2.29. The number of carboxylic acid groups (broad SMARTS) is 1. The molecule has 1 fully saturated rings. The van der Waals surface area contributed by atoms with Crippen molar-refractivity contribution in [3.8, 4) is 0 Å². The van der Waals surface area contributed by atoms with E-state index < -0.39 is 27.8 Å². The average Bonchev–Trinajstić information content (AvgIpc) is 2.84. The molecule has 0 aromatic heterocycles. The lowest BCUT2D eigenvalue weighted by atomic mass is 10.2. The number of nitrogens with zero attached hydrogens (tertiary/aromatic N) is 1. The van der Waals surface area contributed by atoms with Crippen molar-refractivity contribution in [3.05, 3.63) is 33.8 Å². The third kappa shape index (κ3) is 3.09. The van der Waals surface area contributed by atoms with E-state index in [1.165, 1.54) is 0 Å². The fraction of sp³-hybridized carbons (Fsp3) is 0.417. The molecule has 0 radical (unpaired) electrons. The summed E-state index contributed by atoms with van der Waals surface area (Å²) in [5.41, 5.74) is 0.298. The number of benzene rings is 1. The van der Waals surface area contributed by atoms with Crippen molar-refractivity contribution < 1.29 is 18.3 Å². The van der Waals surface area contributed by atoms with Gasteiger partial charge in [-0.25, -0.2) is 8.42 Å². The minimum atomic E-state index is -3.77. The van der Waals surface area contributed by atoms with Gasteiger partial charge in [0, 0.05) is 22.2 Å². The van der Waals surface area contributed by atoms with Crippen molar-refractivity contribution in [2.24, 2.45) is 0 Å². The standard InChI is InChI=1S/C12H13Cl2NO4S/c13-9-3-1-4-10(14)8(9)7-20(18,19)15-6-2-5-11(15)12(16)17/h1,3-4,11H,2,5-7H2,(H,16,17)/t11-/m1/s1. The second kappa shape index (κ2) is 5.89. The molecule has 1 aromatic carbocycles. The molecule has 0 unspecified atom stereocenters. The van der Waals surface area contributed by atoms with Gasteiger partial charge in [0.2, 0.25) is 10.0 Å². The highest BCUT2D eigenvalue weighted by atomic mass is 35.5. The minimum absolute atomic E-state index is 0.210. The quantitative estimate of drug-likeness (QED) is 0.915. The molecule has 1 heterocycles. The second-order valence-electron chi connectivity index (χ2n) is 4.56. The Morgan fingerprint density at radius 1 is 1.35 bits per heavy atom. The topological polar surface area (TPSA) is 74.7 Å². The molecule has 1 saturated heterocycles. The summed E-state index contributed by atoms with van der Waals surface area (Å²) in [6, 6.07) is 3.73. The highest BCUT2D eigenvalue weighted by Gasteiger charge is 2.38.